The van der Waals surface area contributed by atoms with Gasteiger partial charge in [0.1, 0.15) is 17.8 Å². The van der Waals surface area contributed by atoms with Crippen LogP contribution >= 0.6 is 0 Å². The van der Waals surface area contributed by atoms with E-state index in [1.165, 1.54) is 6.92 Å². The zero-order chi connectivity index (χ0) is 26.2. The molecule has 1 saturated carbocycles. The molecule has 0 unspecified atom stereocenters. The number of ether oxygens (including phenoxy) is 1. The number of fused-ring (bicyclic) bond motifs is 1. The Hall–Kier alpha value is -2.10. The number of carbonyl (C=O) groups is 2. The fourth-order valence-corrected chi connectivity index (χ4v) is 7.36. The number of nitrogens with one attached hydrogen (secondary N) is 1. The normalized spacial score (nSPS) is 51.3. The number of ketones is 1. The predicted octanol–water partition coefficient (Wildman–Crippen LogP) is 0.752. The van der Waals surface area contributed by atoms with Gasteiger partial charge in [-0.15, -0.1) is 0 Å². The molecule has 8 nitrogen and oxygen atoms in total. The van der Waals surface area contributed by atoms with E-state index in [0.29, 0.717) is 6.42 Å². The van der Waals surface area contributed by atoms with Gasteiger partial charge in [0, 0.05) is 23.8 Å². The number of amides is 1. The van der Waals surface area contributed by atoms with Crippen molar-refractivity contribution in [1.82, 2.24) is 5.32 Å². The van der Waals surface area contributed by atoms with E-state index < -0.39 is 82.4 Å². The van der Waals surface area contributed by atoms with Gasteiger partial charge in [0.15, 0.2) is 5.78 Å². The summed E-state index contributed by atoms with van der Waals surface area (Å²) in [7, 11) is 0. The number of benzene rings is 1. The second-order valence-electron chi connectivity index (χ2n) is 11.8. The highest BCUT2D eigenvalue weighted by Crippen LogP contribution is 2.61. The third-order valence-corrected chi connectivity index (χ3v) is 9.60. The number of rotatable bonds is 2. The van der Waals surface area contributed by atoms with Crippen molar-refractivity contribution in [1.29, 1.82) is 0 Å². The van der Waals surface area contributed by atoms with Gasteiger partial charge in [0.2, 0.25) is 5.91 Å². The third kappa shape index (κ3) is 3.45. The summed E-state index contributed by atoms with van der Waals surface area (Å²) >= 11 is 0. The van der Waals surface area contributed by atoms with Crippen LogP contribution < -0.4 is 5.32 Å². The van der Waals surface area contributed by atoms with Crippen molar-refractivity contribution < 1.29 is 34.8 Å². The van der Waals surface area contributed by atoms with Gasteiger partial charge in [0.25, 0.3) is 0 Å². The van der Waals surface area contributed by atoms with Crippen molar-refractivity contribution >= 4 is 11.7 Å². The molecule has 2 heterocycles. The first-order valence-electron chi connectivity index (χ1n) is 12.9. The standard InChI is InChI=1S/C28H37NO7/c1-14-9-8-12-17-22(31)26(3,34)15(2)19-18(13-16-10-6-5-7-11-16)29-25(33)28(17,19)23(32)20-24(36-20)27(4,35)21(14)30/h5-8,10-12,14-15,17-20,22-24,31-32,34-35H,9,13H2,1-4H3,(H,29,33)/b12-8+/t14-,15-,17-,18-,19-,20-,22-,23+,24+,26+,27-,28-/m0/s1. The van der Waals surface area contributed by atoms with Crippen molar-refractivity contribution in [2.45, 2.75) is 82.2 Å². The highest BCUT2D eigenvalue weighted by atomic mass is 16.6. The second kappa shape index (κ2) is 8.46. The summed E-state index contributed by atoms with van der Waals surface area (Å²) in [5, 5.41) is 49.1. The average Bonchev–Trinajstić information content (AvgIpc) is 3.59. The molecule has 8 heteroatoms. The smallest absolute Gasteiger partial charge is 0.230 e. The van der Waals surface area contributed by atoms with E-state index in [0.717, 1.165) is 5.56 Å². The van der Waals surface area contributed by atoms with Gasteiger partial charge in [-0.25, -0.2) is 0 Å². The molecular weight excluding hydrogens is 462 g/mol. The van der Waals surface area contributed by atoms with Gasteiger partial charge in [-0.1, -0.05) is 56.3 Å². The largest absolute Gasteiger partial charge is 0.389 e. The number of carbonyl (C=O) groups excluding carboxylic acids is 2. The van der Waals surface area contributed by atoms with Gasteiger partial charge in [-0.05, 0) is 38.2 Å². The number of hydrogen-bond acceptors (Lipinski definition) is 7. The first-order valence-corrected chi connectivity index (χ1v) is 12.9. The fourth-order valence-electron chi connectivity index (χ4n) is 7.36. The van der Waals surface area contributed by atoms with Crippen LogP contribution in [0.2, 0.25) is 0 Å². The molecule has 0 radical (unpaired) electrons. The number of Topliss-reactive ketones (excluding diaryl/α,β-unsaturated/α-hetero) is 1. The molecule has 1 aromatic rings. The minimum absolute atomic E-state index is 0.277. The minimum Gasteiger partial charge on any atom is -0.389 e. The lowest BCUT2D eigenvalue weighted by Gasteiger charge is -2.57. The van der Waals surface area contributed by atoms with Crippen LogP contribution in [-0.4, -0.2) is 73.8 Å². The third-order valence-electron chi connectivity index (χ3n) is 9.60. The predicted molar refractivity (Wildman–Crippen MR) is 131 cm³/mol. The lowest BCUT2D eigenvalue weighted by atomic mass is 9.48. The molecule has 1 amide bonds. The number of allylic oxidation sites excluding steroid dienone is 1. The van der Waals surface area contributed by atoms with Crippen LogP contribution in [0, 0.1) is 29.1 Å². The van der Waals surface area contributed by atoms with Crippen LogP contribution in [0.5, 0.6) is 0 Å². The second-order valence-corrected chi connectivity index (χ2v) is 11.8. The molecule has 196 valence electrons. The Kier molecular flexibility index (Phi) is 6.00. The Labute approximate surface area is 211 Å². The summed E-state index contributed by atoms with van der Waals surface area (Å²) in [6.07, 6.45) is -0.528. The molecule has 3 fully saturated rings. The first kappa shape index (κ1) is 25.5. The van der Waals surface area contributed by atoms with Crippen LogP contribution in [0.15, 0.2) is 42.5 Å². The monoisotopic (exact) mass is 499 g/mol. The summed E-state index contributed by atoms with van der Waals surface area (Å²) in [6, 6.07) is 9.27. The Morgan fingerprint density at radius 1 is 1.06 bits per heavy atom. The van der Waals surface area contributed by atoms with Crippen molar-refractivity contribution in [2.75, 3.05) is 0 Å². The molecule has 4 aliphatic rings. The average molecular weight is 500 g/mol. The Morgan fingerprint density at radius 2 is 1.72 bits per heavy atom. The van der Waals surface area contributed by atoms with Crippen molar-refractivity contribution in [3.05, 3.63) is 48.0 Å². The van der Waals surface area contributed by atoms with Gasteiger partial charge in [-0.3, -0.25) is 9.59 Å². The zero-order valence-electron chi connectivity index (χ0n) is 21.2. The van der Waals surface area contributed by atoms with Gasteiger partial charge >= 0.3 is 0 Å². The van der Waals surface area contributed by atoms with E-state index in [9.17, 15) is 30.0 Å². The number of hydrogen-bond donors (Lipinski definition) is 5. The molecule has 2 saturated heterocycles. The molecule has 2 aliphatic heterocycles. The number of aliphatic hydroxyl groups is 4. The molecule has 1 spiro atoms. The Bertz CT molecular complexity index is 1070. The first-order chi connectivity index (χ1) is 16.9. The summed E-state index contributed by atoms with van der Waals surface area (Å²) in [6.45, 7) is 6.48. The number of epoxide rings is 1. The molecule has 5 rings (SSSR count). The van der Waals surface area contributed by atoms with Crippen LogP contribution in [0.3, 0.4) is 0 Å². The number of aliphatic hydroxyl groups excluding tert-OH is 2. The van der Waals surface area contributed by atoms with Crippen molar-refractivity contribution in [3.8, 4) is 0 Å². The summed E-state index contributed by atoms with van der Waals surface area (Å²) in [4.78, 5) is 27.0. The van der Waals surface area contributed by atoms with E-state index in [-0.39, 0.29) is 6.42 Å². The van der Waals surface area contributed by atoms with E-state index in [1.54, 1.807) is 32.9 Å². The van der Waals surface area contributed by atoms with Crippen LogP contribution in [0.1, 0.15) is 39.7 Å². The molecule has 0 bridgehead atoms. The maximum absolute atomic E-state index is 14.0. The quantitative estimate of drug-likeness (QED) is 0.299. The van der Waals surface area contributed by atoms with Gasteiger partial charge in [-0.2, -0.15) is 0 Å². The molecule has 1 aromatic carbocycles. The Balaban J connectivity index is 1.66. The molecule has 12 atom stereocenters. The molecule has 0 aromatic heterocycles. The van der Waals surface area contributed by atoms with E-state index in [1.807, 2.05) is 30.3 Å². The maximum Gasteiger partial charge on any atom is 0.230 e. The molecule has 36 heavy (non-hydrogen) atoms. The summed E-state index contributed by atoms with van der Waals surface area (Å²) < 4.78 is 5.74. The summed E-state index contributed by atoms with van der Waals surface area (Å²) in [5.41, 5.74) is -3.89. The van der Waals surface area contributed by atoms with Crippen LogP contribution in [-0.2, 0) is 20.7 Å². The maximum atomic E-state index is 14.0. The Morgan fingerprint density at radius 3 is 2.39 bits per heavy atom. The fraction of sp³-hybridized carbons (Fsp3) is 0.643. The van der Waals surface area contributed by atoms with E-state index in [4.69, 9.17) is 4.74 Å². The zero-order valence-corrected chi connectivity index (χ0v) is 21.2. The summed E-state index contributed by atoms with van der Waals surface area (Å²) in [5.74, 6) is -3.40. The van der Waals surface area contributed by atoms with Gasteiger partial charge < -0.3 is 30.5 Å². The van der Waals surface area contributed by atoms with Gasteiger partial charge in [0.05, 0.1) is 23.2 Å². The SMILES string of the molecule is C[C@H]1C/C=C/[C@H]2[C@H](O)[C@](C)(O)[C@@H](C)[C@H]3[C@H](Cc4ccccc4)NC(=O)[C@]32[C@H](O)[C@@H]2O[C@H]2[C@@](C)(O)C1=O. The van der Waals surface area contributed by atoms with E-state index in [2.05, 4.69) is 5.32 Å². The minimum atomic E-state index is -1.83. The topological polar surface area (TPSA) is 140 Å². The molecular formula is C28H37NO7. The highest BCUT2D eigenvalue weighted by Gasteiger charge is 2.75. The van der Waals surface area contributed by atoms with Crippen molar-refractivity contribution in [2.24, 2.45) is 29.1 Å². The van der Waals surface area contributed by atoms with Crippen LogP contribution in [0.4, 0.5) is 0 Å². The van der Waals surface area contributed by atoms with Crippen molar-refractivity contribution in [3.63, 3.8) is 0 Å². The highest BCUT2D eigenvalue weighted by molar-refractivity contribution is 5.91. The molecule has 2 aliphatic carbocycles. The van der Waals surface area contributed by atoms with E-state index >= 15 is 0 Å². The van der Waals surface area contributed by atoms with Crippen LogP contribution in [0.25, 0.3) is 0 Å². The lowest BCUT2D eigenvalue weighted by molar-refractivity contribution is -0.219. The lowest BCUT2D eigenvalue weighted by Crippen LogP contribution is -2.69. The molecule has 5 N–H and O–H groups in total.